The largest absolute Gasteiger partial charge is 0.299 e. The van der Waals surface area contributed by atoms with E-state index in [0.717, 1.165) is 0 Å². The molecule has 1 nitrogen and oxygen atoms in total. The van der Waals surface area contributed by atoms with Crippen LogP contribution in [0.2, 0.25) is 0 Å². The first-order chi connectivity index (χ1) is 3.31. The van der Waals surface area contributed by atoms with Gasteiger partial charge in [-0.15, -0.1) is 0 Å². The van der Waals surface area contributed by atoms with Crippen LogP contribution in [0, 0.1) is 0 Å². The summed E-state index contributed by atoms with van der Waals surface area (Å²) in [6.45, 7) is 0. The van der Waals surface area contributed by atoms with E-state index in [2.05, 4.69) is 25.3 Å². The molecular weight excluding hydrogens is 128 g/mol. The van der Waals surface area contributed by atoms with Crippen LogP contribution in [0.1, 0.15) is 6.42 Å². The molecule has 0 saturated carbocycles. The Morgan fingerprint density at radius 3 is 2.14 bits per heavy atom. The van der Waals surface area contributed by atoms with Gasteiger partial charge in [0.1, 0.15) is 5.78 Å². The lowest BCUT2D eigenvalue weighted by Crippen LogP contribution is -1.98. The van der Waals surface area contributed by atoms with E-state index in [9.17, 15) is 4.79 Å². The maximum absolute atomic E-state index is 10.3. The number of rotatable bonds is 3. The van der Waals surface area contributed by atoms with E-state index in [1.165, 1.54) is 0 Å². The van der Waals surface area contributed by atoms with E-state index < -0.39 is 0 Å². The highest BCUT2D eigenvalue weighted by molar-refractivity contribution is 7.81. The zero-order chi connectivity index (χ0) is 5.70. The van der Waals surface area contributed by atoms with Crippen LogP contribution < -0.4 is 0 Å². The number of ketones is 1. The van der Waals surface area contributed by atoms with Crippen molar-refractivity contribution in [1.82, 2.24) is 0 Å². The van der Waals surface area contributed by atoms with Crippen molar-refractivity contribution in [2.75, 3.05) is 11.5 Å². The third kappa shape index (κ3) is 4.22. The summed E-state index contributed by atoms with van der Waals surface area (Å²) in [5.41, 5.74) is 0. The van der Waals surface area contributed by atoms with Gasteiger partial charge in [0.05, 0.1) is 0 Å². The van der Waals surface area contributed by atoms with Crippen molar-refractivity contribution in [3.05, 3.63) is 0 Å². The Bertz CT molecular complexity index is 62.7. The molecule has 0 heterocycles. The van der Waals surface area contributed by atoms with Gasteiger partial charge >= 0.3 is 0 Å². The maximum Gasteiger partial charge on any atom is 0.143 e. The minimum absolute atomic E-state index is 0.165. The number of hydrogen-bond donors (Lipinski definition) is 2. The molecule has 0 aromatic heterocycles. The lowest BCUT2D eigenvalue weighted by atomic mass is 10.3. The summed E-state index contributed by atoms with van der Waals surface area (Å²) in [5.74, 6) is 1.15. The molecule has 3 heteroatoms. The smallest absolute Gasteiger partial charge is 0.143 e. The minimum Gasteiger partial charge on any atom is -0.299 e. The Balaban J connectivity index is 3.00. The predicted molar refractivity (Wildman–Crippen MR) is 37.3 cm³/mol. The average molecular weight is 136 g/mol. The number of Topliss-reactive ketones (excluding diaryl/α,β-unsaturated/α-hetero) is 1. The Kier molecular flexibility index (Phi) is 4.77. The second kappa shape index (κ2) is 4.53. The lowest BCUT2D eigenvalue weighted by Gasteiger charge is -1.86. The molecule has 0 unspecified atom stereocenters. The summed E-state index contributed by atoms with van der Waals surface area (Å²) in [6.07, 6.45) is 0.548. The summed E-state index contributed by atoms with van der Waals surface area (Å²) < 4.78 is 0. The van der Waals surface area contributed by atoms with Crippen molar-refractivity contribution >= 4 is 31.0 Å². The van der Waals surface area contributed by atoms with Gasteiger partial charge in [-0.3, -0.25) is 4.79 Å². The van der Waals surface area contributed by atoms with Gasteiger partial charge in [-0.2, -0.15) is 25.3 Å². The fourth-order valence-electron chi connectivity index (χ4n) is 0.204. The second-order valence-corrected chi connectivity index (χ2v) is 1.93. The fraction of sp³-hybridized carbons (Fsp3) is 0.750. The fourth-order valence-corrected chi connectivity index (χ4v) is 0.611. The van der Waals surface area contributed by atoms with Crippen molar-refractivity contribution < 1.29 is 4.79 Å². The van der Waals surface area contributed by atoms with Crippen LogP contribution in [0.5, 0.6) is 0 Å². The van der Waals surface area contributed by atoms with Crippen molar-refractivity contribution in [3.8, 4) is 0 Å². The van der Waals surface area contributed by atoms with Crippen LogP contribution in [-0.4, -0.2) is 17.3 Å². The molecule has 0 saturated heterocycles. The highest BCUT2D eigenvalue weighted by atomic mass is 32.1. The molecule has 0 bridgehead atoms. The molecule has 0 aromatic carbocycles. The van der Waals surface area contributed by atoms with E-state index in [0.29, 0.717) is 17.9 Å². The van der Waals surface area contributed by atoms with Crippen LogP contribution in [-0.2, 0) is 4.79 Å². The average Bonchev–Trinajstić information content (AvgIpc) is 1.68. The molecule has 0 amide bonds. The molecular formula is C4H8OS2. The molecule has 7 heavy (non-hydrogen) atoms. The first kappa shape index (κ1) is 7.37. The van der Waals surface area contributed by atoms with Gasteiger partial charge in [0, 0.05) is 12.2 Å². The van der Waals surface area contributed by atoms with Crippen LogP contribution in [0.3, 0.4) is 0 Å². The Morgan fingerprint density at radius 1 is 1.43 bits per heavy atom. The van der Waals surface area contributed by atoms with Crippen LogP contribution >= 0.6 is 25.3 Å². The second-order valence-electron chi connectivity index (χ2n) is 1.17. The highest BCUT2D eigenvalue weighted by Gasteiger charge is 1.92. The monoisotopic (exact) mass is 136 g/mol. The molecule has 0 N–H and O–H groups in total. The molecule has 0 spiro atoms. The predicted octanol–water partition coefficient (Wildman–Crippen LogP) is 0.805. The Morgan fingerprint density at radius 2 is 2.00 bits per heavy atom. The van der Waals surface area contributed by atoms with Crippen molar-refractivity contribution in [1.29, 1.82) is 0 Å². The highest BCUT2D eigenvalue weighted by Crippen LogP contribution is 1.87. The maximum atomic E-state index is 10.3. The molecule has 0 aliphatic heterocycles. The van der Waals surface area contributed by atoms with E-state index in [-0.39, 0.29) is 5.78 Å². The van der Waals surface area contributed by atoms with Crippen LogP contribution in [0.4, 0.5) is 0 Å². The molecule has 0 aliphatic rings. The van der Waals surface area contributed by atoms with Crippen LogP contribution in [0.15, 0.2) is 0 Å². The van der Waals surface area contributed by atoms with Gasteiger partial charge in [-0.05, 0) is 5.75 Å². The van der Waals surface area contributed by atoms with Gasteiger partial charge in [-0.1, -0.05) is 0 Å². The zero-order valence-corrected chi connectivity index (χ0v) is 5.71. The first-order valence-electron chi connectivity index (χ1n) is 2.04. The van der Waals surface area contributed by atoms with Crippen molar-refractivity contribution in [2.45, 2.75) is 6.42 Å². The standard InChI is InChI=1S/C4H8OS2/c5-4(3-7)1-2-6/h6-7H,1-3H2. The summed E-state index contributed by atoms with van der Waals surface area (Å²) in [7, 11) is 0. The van der Waals surface area contributed by atoms with Gasteiger partial charge in [-0.25, -0.2) is 0 Å². The number of hydrogen-bond acceptors (Lipinski definition) is 3. The van der Waals surface area contributed by atoms with Gasteiger partial charge < -0.3 is 0 Å². The zero-order valence-electron chi connectivity index (χ0n) is 3.92. The van der Waals surface area contributed by atoms with E-state index >= 15 is 0 Å². The molecule has 0 atom stereocenters. The van der Waals surface area contributed by atoms with Gasteiger partial charge in [0.2, 0.25) is 0 Å². The van der Waals surface area contributed by atoms with E-state index in [4.69, 9.17) is 0 Å². The van der Waals surface area contributed by atoms with Gasteiger partial charge in [0.25, 0.3) is 0 Å². The number of thiol groups is 2. The lowest BCUT2D eigenvalue weighted by molar-refractivity contribution is -0.116. The normalized spacial score (nSPS) is 8.86. The third-order valence-corrected chi connectivity index (χ3v) is 1.14. The first-order valence-corrected chi connectivity index (χ1v) is 3.31. The van der Waals surface area contributed by atoms with Crippen molar-refractivity contribution in [3.63, 3.8) is 0 Å². The summed E-state index contributed by atoms with van der Waals surface area (Å²) in [4.78, 5) is 10.3. The summed E-state index contributed by atoms with van der Waals surface area (Å²) in [6, 6.07) is 0. The Hall–Kier alpha value is 0.370. The number of carbonyl (C=O) groups excluding carboxylic acids is 1. The quantitative estimate of drug-likeness (QED) is 0.549. The topological polar surface area (TPSA) is 17.1 Å². The summed E-state index contributed by atoms with van der Waals surface area (Å²) in [5, 5.41) is 0. The summed E-state index contributed by atoms with van der Waals surface area (Å²) >= 11 is 7.63. The van der Waals surface area contributed by atoms with E-state index in [1.807, 2.05) is 0 Å². The Labute approximate surface area is 54.3 Å². The molecule has 0 radical (unpaired) electrons. The molecule has 42 valence electrons. The van der Waals surface area contributed by atoms with Crippen LogP contribution in [0.25, 0.3) is 0 Å². The van der Waals surface area contributed by atoms with E-state index in [1.54, 1.807) is 0 Å². The molecule has 0 aromatic rings. The number of carbonyl (C=O) groups is 1. The minimum atomic E-state index is 0.165. The molecule has 0 fully saturated rings. The molecule has 0 aliphatic carbocycles. The van der Waals surface area contributed by atoms with Crippen molar-refractivity contribution in [2.24, 2.45) is 0 Å². The van der Waals surface area contributed by atoms with Gasteiger partial charge in [0.15, 0.2) is 0 Å². The molecule has 0 rings (SSSR count). The SMILES string of the molecule is O=C(CS)CCS. The third-order valence-electron chi connectivity index (χ3n) is 0.567.